The lowest BCUT2D eigenvalue weighted by molar-refractivity contribution is 0.0524. The molecule has 1 atom stereocenters. The van der Waals surface area contributed by atoms with Crippen LogP contribution in [0.1, 0.15) is 19.8 Å². The smallest absolute Gasteiger partial charge is 0.290 e. The second-order valence-electron chi connectivity index (χ2n) is 3.91. The van der Waals surface area contributed by atoms with Gasteiger partial charge in [-0.2, -0.15) is 0 Å². The molecule has 5 nitrogen and oxygen atoms in total. The molecule has 1 N–H and O–H groups in total. The van der Waals surface area contributed by atoms with Crippen LogP contribution >= 0.6 is 0 Å². The van der Waals surface area contributed by atoms with Crippen LogP contribution in [0.15, 0.2) is 17.2 Å². The van der Waals surface area contributed by atoms with E-state index in [-0.39, 0.29) is 11.7 Å². The van der Waals surface area contributed by atoms with E-state index < -0.39 is 0 Å². The lowest BCUT2D eigenvalue weighted by Crippen LogP contribution is -2.42. The van der Waals surface area contributed by atoms with Gasteiger partial charge in [-0.15, -0.1) is 0 Å². The van der Waals surface area contributed by atoms with Crippen LogP contribution in [-0.2, 0) is 4.74 Å². The molecule has 16 heavy (non-hydrogen) atoms. The number of hydrogen-bond donors (Lipinski definition) is 1. The van der Waals surface area contributed by atoms with Crippen LogP contribution in [0.2, 0.25) is 0 Å². The zero-order valence-corrected chi connectivity index (χ0v) is 9.48. The van der Waals surface area contributed by atoms with E-state index in [9.17, 15) is 4.79 Å². The summed E-state index contributed by atoms with van der Waals surface area (Å²) in [6.07, 6.45) is 5.49. The van der Waals surface area contributed by atoms with E-state index in [0.717, 1.165) is 32.5 Å². The molecule has 1 aliphatic heterocycles. The Hall–Kier alpha value is -1.36. The van der Waals surface area contributed by atoms with Gasteiger partial charge in [0.15, 0.2) is 5.82 Å². The van der Waals surface area contributed by atoms with E-state index in [1.165, 1.54) is 0 Å². The second-order valence-corrected chi connectivity index (χ2v) is 3.91. The summed E-state index contributed by atoms with van der Waals surface area (Å²) in [6.45, 7) is 4.35. The number of nitrogens with zero attached hydrogens (tertiary/aromatic N) is 2. The van der Waals surface area contributed by atoms with Gasteiger partial charge in [-0.1, -0.05) is 0 Å². The number of nitrogens with one attached hydrogen (secondary N) is 1. The molecule has 0 bridgehead atoms. The number of rotatable bonds is 3. The van der Waals surface area contributed by atoms with Gasteiger partial charge in [0.05, 0.1) is 6.10 Å². The van der Waals surface area contributed by atoms with Crippen molar-refractivity contribution in [2.24, 2.45) is 0 Å². The molecule has 1 aliphatic rings. The van der Waals surface area contributed by atoms with Gasteiger partial charge in [0.1, 0.15) is 0 Å². The van der Waals surface area contributed by atoms with Crippen LogP contribution in [0.5, 0.6) is 0 Å². The quantitative estimate of drug-likeness (QED) is 0.822. The molecule has 88 valence electrons. The molecule has 0 spiro atoms. The van der Waals surface area contributed by atoms with Crippen LogP contribution in [-0.4, -0.2) is 35.8 Å². The summed E-state index contributed by atoms with van der Waals surface area (Å²) in [6, 6.07) is 0. The van der Waals surface area contributed by atoms with Gasteiger partial charge in [-0.3, -0.25) is 4.79 Å². The number of hydrogen-bond acceptors (Lipinski definition) is 4. The van der Waals surface area contributed by atoms with Crippen molar-refractivity contribution in [1.82, 2.24) is 9.97 Å². The number of H-pyrrole nitrogens is 1. The van der Waals surface area contributed by atoms with Crippen molar-refractivity contribution in [3.63, 3.8) is 0 Å². The van der Waals surface area contributed by atoms with E-state index in [0.29, 0.717) is 5.82 Å². The van der Waals surface area contributed by atoms with Crippen LogP contribution in [0.4, 0.5) is 5.82 Å². The zero-order chi connectivity index (χ0) is 11.4. The van der Waals surface area contributed by atoms with Crippen molar-refractivity contribution >= 4 is 5.82 Å². The Kier molecular flexibility index (Phi) is 3.56. The molecule has 0 saturated carbocycles. The minimum atomic E-state index is -0.125. The fourth-order valence-electron chi connectivity index (χ4n) is 2.07. The normalized spacial score (nSPS) is 21.1. The molecule has 1 unspecified atom stereocenters. The molecule has 1 fully saturated rings. The molecule has 0 aliphatic carbocycles. The summed E-state index contributed by atoms with van der Waals surface area (Å²) < 4.78 is 5.59. The minimum Gasteiger partial charge on any atom is -0.377 e. The van der Waals surface area contributed by atoms with Gasteiger partial charge in [0.25, 0.3) is 5.56 Å². The fourth-order valence-corrected chi connectivity index (χ4v) is 2.07. The van der Waals surface area contributed by atoms with Gasteiger partial charge < -0.3 is 14.6 Å². The standard InChI is InChI=1S/C11H17N3O2/c1-2-16-9-4-3-7-14(8-9)10-11(15)13-6-5-12-10/h5-6,9H,2-4,7-8H2,1H3,(H,13,15). The first-order valence-electron chi connectivity index (χ1n) is 5.71. The minimum absolute atomic E-state index is 0.125. The van der Waals surface area contributed by atoms with E-state index in [4.69, 9.17) is 4.74 Å². The molecule has 1 aromatic rings. The fraction of sp³-hybridized carbons (Fsp3) is 0.636. The van der Waals surface area contributed by atoms with Gasteiger partial charge in [0.2, 0.25) is 0 Å². The molecule has 2 heterocycles. The zero-order valence-electron chi connectivity index (χ0n) is 9.48. The number of ether oxygens (including phenoxy) is 1. The van der Waals surface area contributed by atoms with Crippen molar-refractivity contribution in [2.45, 2.75) is 25.9 Å². The van der Waals surface area contributed by atoms with Crippen LogP contribution in [0.3, 0.4) is 0 Å². The monoisotopic (exact) mass is 223 g/mol. The summed E-state index contributed by atoms with van der Waals surface area (Å²) in [5, 5.41) is 0. The van der Waals surface area contributed by atoms with E-state index >= 15 is 0 Å². The Morgan fingerprint density at radius 2 is 2.56 bits per heavy atom. The summed E-state index contributed by atoms with van der Waals surface area (Å²) in [7, 11) is 0. The van der Waals surface area contributed by atoms with Gasteiger partial charge in [-0.25, -0.2) is 4.98 Å². The maximum Gasteiger partial charge on any atom is 0.290 e. The first-order chi connectivity index (χ1) is 7.81. The van der Waals surface area contributed by atoms with Crippen LogP contribution in [0.25, 0.3) is 0 Å². The van der Waals surface area contributed by atoms with Crippen molar-refractivity contribution in [1.29, 1.82) is 0 Å². The molecule has 2 rings (SSSR count). The lowest BCUT2D eigenvalue weighted by atomic mass is 10.1. The van der Waals surface area contributed by atoms with Gasteiger partial charge in [0, 0.05) is 32.1 Å². The SMILES string of the molecule is CCOC1CCCN(c2ncc[nH]c2=O)C1. The molecule has 1 aromatic heterocycles. The maximum atomic E-state index is 11.6. The summed E-state index contributed by atoms with van der Waals surface area (Å²) in [5.74, 6) is 0.506. The highest BCUT2D eigenvalue weighted by atomic mass is 16.5. The van der Waals surface area contributed by atoms with Crippen molar-refractivity contribution in [3.8, 4) is 0 Å². The van der Waals surface area contributed by atoms with Crippen molar-refractivity contribution in [2.75, 3.05) is 24.6 Å². The number of anilines is 1. The summed E-state index contributed by atoms with van der Waals surface area (Å²) >= 11 is 0. The molecule has 5 heteroatoms. The van der Waals surface area contributed by atoms with E-state index in [1.54, 1.807) is 12.4 Å². The first-order valence-corrected chi connectivity index (χ1v) is 5.71. The molecular weight excluding hydrogens is 206 g/mol. The average Bonchev–Trinajstić information content (AvgIpc) is 2.30. The molecule has 1 saturated heterocycles. The molecule has 0 amide bonds. The number of aromatic nitrogens is 2. The van der Waals surface area contributed by atoms with E-state index in [1.807, 2.05) is 11.8 Å². The molecule has 0 radical (unpaired) electrons. The maximum absolute atomic E-state index is 11.6. The second kappa shape index (κ2) is 5.12. The van der Waals surface area contributed by atoms with Gasteiger partial charge in [-0.05, 0) is 19.8 Å². The Morgan fingerprint density at radius 3 is 3.31 bits per heavy atom. The predicted molar refractivity (Wildman–Crippen MR) is 61.7 cm³/mol. The third-order valence-corrected chi connectivity index (χ3v) is 2.77. The number of aromatic amines is 1. The Labute approximate surface area is 94.5 Å². The highest BCUT2D eigenvalue weighted by molar-refractivity contribution is 5.35. The number of piperidine rings is 1. The van der Waals surface area contributed by atoms with E-state index in [2.05, 4.69) is 9.97 Å². The van der Waals surface area contributed by atoms with Crippen LogP contribution < -0.4 is 10.5 Å². The topological polar surface area (TPSA) is 58.2 Å². The lowest BCUT2D eigenvalue weighted by Gasteiger charge is -2.32. The Morgan fingerprint density at radius 1 is 1.69 bits per heavy atom. The first kappa shape index (κ1) is 11.1. The average molecular weight is 223 g/mol. The highest BCUT2D eigenvalue weighted by Gasteiger charge is 2.22. The third kappa shape index (κ3) is 2.41. The molecule has 0 aromatic carbocycles. The Balaban J connectivity index is 2.10. The van der Waals surface area contributed by atoms with Crippen molar-refractivity contribution in [3.05, 3.63) is 22.7 Å². The Bertz CT molecular complexity index is 389. The highest BCUT2D eigenvalue weighted by Crippen LogP contribution is 2.16. The van der Waals surface area contributed by atoms with Crippen LogP contribution in [0, 0.1) is 0 Å². The third-order valence-electron chi connectivity index (χ3n) is 2.77. The predicted octanol–water partition coefficient (Wildman–Crippen LogP) is 0.775. The van der Waals surface area contributed by atoms with Gasteiger partial charge >= 0.3 is 0 Å². The molecular formula is C11H17N3O2. The summed E-state index contributed by atoms with van der Waals surface area (Å²) in [4.78, 5) is 20.4. The summed E-state index contributed by atoms with van der Waals surface area (Å²) in [5.41, 5.74) is -0.125. The van der Waals surface area contributed by atoms with Crippen molar-refractivity contribution < 1.29 is 4.74 Å². The largest absolute Gasteiger partial charge is 0.377 e.